The second-order valence-electron chi connectivity index (χ2n) is 10.6. The Bertz CT molecular complexity index is 828. The number of hydrogen-bond acceptors (Lipinski definition) is 3. The van der Waals surface area contributed by atoms with Crippen LogP contribution in [0.5, 0.6) is 5.75 Å². The van der Waals surface area contributed by atoms with Crippen LogP contribution in [-0.2, 0) is 24.6 Å². The fraction of sp³-hybridized carbons (Fsp3) is 0.600. The second-order valence-corrected chi connectivity index (χ2v) is 16.5. The summed E-state index contributed by atoms with van der Waals surface area (Å²) in [5.41, 5.74) is -0.647. The molecule has 0 spiro atoms. The lowest BCUT2D eigenvalue weighted by molar-refractivity contribution is 0.496. The third kappa shape index (κ3) is 13.4. The van der Waals surface area contributed by atoms with Gasteiger partial charge < -0.3 is 9.42 Å². The molecule has 2 aromatic rings. The normalized spacial score (nSPS) is 13.3. The van der Waals surface area contributed by atoms with Crippen LogP contribution >= 0.6 is 17.1 Å². The van der Waals surface area contributed by atoms with E-state index in [9.17, 15) is 4.89 Å². The number of benzene rings is 2. The van der Waals surface area contributed by atoms with Crippen LogP contribution < -0.4 is 4.52 Å². The lowest BCUT2D eigenvalue weighted by atomic mass is 10.0. The van der Waals surface area contributed by atoms with Crippen molar-refractivity contribution in [3.8, 4) is 5.75 Å². The van der Waals surface area contributed by atoms with E-state index < -0.39 is 5.69 Å². The van der Waals surface area contributed by atoms with Crippen molar-refractivity contribution >= 4 is 28.9 Å². The van der Waals surface area contributed by atoms with Crippen LogP contribution in [0.15, 0.2) is 53.4 Å². The minimum absolute atomic E-state index is 0.746. The molecule has 2 aromatic carbocycles. The van der Waals surface area contributed by atoms with Gasteiger partial charge >= 0.3 is 0 Å². The van der Waals surface area contributed by atoms with Gasteiger partial charge in [0.25, 0.3) is 5.69 Å². The van der Waals surface area contributed by atoms with Crippen molar-refractivity contribution in [1.82, 2.24) is 0 Å². The number of para-hydroxylation sites is 1. The summed E-state index contributed by atoms with van der Waals surface area (Å²) in [5, 5.41) is 0. The van der Waals surface area contributed by atoms with Crippen molar-refractivity contribution in [2.24, 2.45) is 11.8 Å². The van der Waals surface area contributed by atoms with Gasteiger partial charge in [0.15, 0.2) is 0 Å². The summed E-state index contributed by atoms with van der Waals surface area (Å²) in [4.78, 5) is 12.2. The Morgan fingerprint density at radius 1 is 0.714 bits per heavy atom. The zero-order valence-corrected chi connectivity index (χ0v) is 24.9. The molecule has 0 saturated carbocycles. The Morgan fingerprint density at radius 3 is 1.80 bits per heavy atom. The molecule has 0 fully saturated rings. The van der Waals surface area contributed by atoms with Crippen LogP contribution in [0.4, 0.5) is 0 Å². The summed E-state index contributed by atoms with van der Waals surface area (Å²) >= 11 is 6.97. The summed E-state index contributed by atoms with van der Waals surface area (Å²) in [5.74, 6) is 2.33. The number of rotatable bonds is 18. The first-order valence-corrected chi connectivity index (χ1v) is 17.7. The third-order valence-electron chi connectivity index (χ3n) is 6.33. The molecule has 1 unspecified atom stereocenters. The Labute approximate surface area is 224 Å². The summed E-state index contributed by atoms with van der Waals surface area (Å²) < 4.78 is 6.13. The molecule has 0 aliphatic heterocycles. The second kappa shape index (κ2) is 16.8. The Hall–Kier alpha value is -0.800. The number of aryl methyl sites for hydroxylation is 2. The molecule has 0 heterocycles. The van der Waals surface area contributed by atoms with Gasteiger partial charge in [0.2, 0.25) is 0 Å². The maximum atomic E-state index is 11.1. The fourth-order valence-corrected chi connectivity index (χ4v) is 8.04. The smallest absolute Gasteiger partial charge is 0.299 e. The van der Waals surface area contributed by atoms with Crippen LogP contribution in [-0.4, -0.2) is 4.89 Å². The molecule has 0 saturated heterocycles. The summed E-state index contributed by atoms with van der Waals surface area (Å²) in [6.07, 6.45) is 14.6. The lowest BCUT2D eigenvalue weighted by Gasteiger charge is -2.20. The zero-order valence-electron chi connectivity index (χ0n) is 22.4. The van der Waals surface area contributed by atoms with E-state index in [4.69, 9.17) is 16.3 Å². The molecule has 2 nitrogen and oxygen atoms in total. The van der Waals surface area contributed by atoms with E-state index in [1.54, 1.807) is 0 Å². The first-order valence-electron chi connectivity index (χ1n) is 13.6. The van der Waals surface area contributed by atoms with Gasteiger partial charge in [0.1, 0.15) is 5.75 Å². The monoisotopic (exact) mass is 534 g/mol. The van der Waals surface area contributed by atoms with Gasteiger partial charge in [-0.2, -0.15) is 0 Å². The van der Waals surface area contributed by atoms with Gasteiger partial charge in [-0.05, 0) is 84.0 Å². The van der Waals surface area contributed by atoms with E-state index >= 15 is 0 Å². The molecule has 1 N–H and O–H groups in total. The standard InChI is InChI=1S/C30H47O2PS2/c1-25(2)17-9-5-7-11-19-27-20-13-15-23-29(27)32-33(31,34)35-30-24-16-14-22-28(30)21-12-8-6-10-18-26(3)4/h13-16,20,22-26H,5-12,17-19,21H2,1-4H3,(H,31,34). The van der Waals surface area contributed by atoms with Crippen molar-refractivity contribution in [3.63, 3.8) is 0 Å². The molecule has 0 aliphatic carbocycles. The van der Waals surface area contributed by atoms with Crippen LogP contribution in [0.1, 0.15) is 103 Å². The highest BCUT2D eigenvalue weighted by Gasteiger charge is 2.21. The van der Waals surface area contributed by atoms with Gasteiger partial charge in [0.05, 0.1) is 0 Å². The minimum Gasteiger partial charge on any atom is -0.436 e. The van der Waals surface area contributed by atoms with Crippen molar-refractivity contribution in [1.29, 1.82) is 0 Å². The maximum Gasteiger partial charge on any atom is 0.299 e. The molecule has 5 heteroatoms. The van der Waals surface area contributed by atoms with Gasteiger partial charge in [-0.15, -0.1) is 0 Å². The Morgan fingerprint density at radius 2 is 1.20 bits per heavy atom. The Kier molecular flexibility index (Phi) is 14.6. The van der Waals surface area contributed by atoms with Gasteiger partial charge in [-0.1, -0.05) is 115 Å². The van der Waals surface area contributed by atoms with E-state index in [0.29, 0.717) is 0 Å². The first-order chi connectivity index (χ1) is 16.8. The summed E-state index contributed by atoms with van der Waals surface area (Å²) in [6, 6.07) is 16.4. The SMILES string of the molecule is CC(C)CCCCCCc1ccccc1OP(O)(=S)Sc1ccccc1CCCCCCC(C)C. The number of hydrogen-bond donors (Lipinski definition) is 1. The van der Waals surface area contributed by atoms with E-state index in [1.807, 2.05) is 24.3 Å². The maximum absolute atomic E-state index is 11.1. The fourth-order valence-electron chi connectivity index (χ4n) is 4.31. The Balaban J connectivity index is 1.89. The lowest BCUT2D eigenvalue weighted by Crippen LogP contribution is -1.96. The average molecular weight is 535 g/mol. The van der Waals surface area contributed by atoms with Crippen LogP contribution in [0.2, 0.25) is 0 Å². The highest BCUT2D eigenvalue weighted by Crippen LogP contribution is 2.60. The molecule has 0 radical (unpaired) electrons. The van der Waals surface area contributed by atoms with Crippen molar-refractivity contribution in [2.75, 3.05) is 0 Å². The molecule has 0 amide bonds. The average Bonchev–Trinajstić information content (AvgIpc) is 2.79. The van der Waals surface area contributed by atoms with Crippen molar-refractivity contribution in [3.05, 3.63) is 59.7 Å². The van der Waals surface area contributed by atoms with Crippen molar-refractivity contribution < 1.29 is 9.42 Å². The van der Waals surface area contributed by atoms with E-state index in [2.05, 4.69) is 52.0 Å². The van der Waals surface area contributed by atoms with E-state index in [1.165, 1.54) is 74.7 Å². The van der Waals surface area contributed by atoms with Gasteiger partial charge in [-0.25, -0.2) is 0 Å². The van der Waals surface area contributed by atoms with Crippen LogP contribution in [0.3, 0.4) is 0 Å². The van der Waals surface area contributed by atoms with Crippen molar-refractivity contribution in [2.45, 2.75) is 110 Å². The first kappa shape index (κ1) is 30.4. The molecule has 35 heavy (non-hydrogen) atoms. The highest BCUT2D eigenvalue weighted by molar-refractivity contribution is 8.67. The molecular formula is C30H47O2PS2. The molecule has 0 bridgehead atoms. The zero-order chi connectivity index (χ0) is 25.5. The highest BCUT2D eigenvalue weighted by atomic mass is 32.9. The predicted molar refractivity (Wildman–Crippen MR) is 159 cm³/mol. The topological polar surface area (TPSA) is 29.5 Å². The van der Waals surface area contributed by atoms with E-state index in [-0.39, 0.29) is 0 Å². The molecule has 196 valence electrons. The largest absolute Gasteiger partial charge is 0.436 e. The summed E-state index contributed by atoms with van der Waals surface area (Å²) in [7, 11) is 0. The van der Waals surface area contributed by atoms with Crippen LogP contribution in [0, 0.1) is 11.8 Å². The minimum atomic E-state index is -3.06. The van der Waals surface area contributed by atoms with Gasteiger partial charge in [0, 0.05) is 4.90 Å². The molecule has 0 aliphatic rings. The quantitative estimate of drug-likeness (QED) is 0.152. The predicted octanol–water partition coefficient (Wildman–Crippen LogP) is 10.4. The molecule has 0 aromatic heterocycles. The van der Waals surface area contributed by atoms with Gasteiger partial charge in [-0.3, -0.25) is 0 Å². The number of unbranched alkanes of at least 4 members (excludes halogenated alkanes) is 6. The van der Waals surface area contributed by atoms with E-state index in [0.717, 1.165) is 47.3 Å². The molecule has 1 atom stereocenters. The third-order valence-corrected chi connectivity index (χ3v) is 9.98. The van der Waals surface area contributed by atoms with Crippen LogP contribution in [0.25, 0.3) is 0 Å². The summed E-state index contributed by atoms with van der Waals surface area (Å²) in [6.45, 7) is 9.17. The molecule has 2 rings (SSSR count). The molecular weight excluding hydrogens is 487 g/mol.